The minimum Gasteiger partial charge on any atom is -0.228 e. The Labute approximate surface area is 42.8 Å². The van der Waals surface area contributed by atoms with Crippen LogP contribution in [0.3, 0.4) is 0 Å². The summed E-state index contributed by atoms with van der Waals surface area (Å²) in [6.07, 6.45) is 0. The van der Waals surface area contributed by atoms with Crippen LogP contribution in [0.1, 0.15) is 0 Å². The number of hydrogen-bond donors (Lipinski definition) is 1. The van der Waals surface area contributed by atoms with E-state index in [0.29, 0.717) is 0 Å². The van der Waals surface area contributed by atoms with Crippen molar-refractivity contribution >= 4 is 10.0 Å². The average Bonchev–Trinajstić information content (AvgIpc) is 1.30. The average molecular weight is 123 g/mol. The monoisotopic (exact) mass is 123 g/mol. The van der Waals surface area contributed by atoms with Gasteiger partial charge in [0.15, 0.2) is 0 Å². The van der Waals surface area contributed by atoms with Crippen LogP contribution in [0, 0.1) is 0 Å². The maximum absolute atomic E-state index is 9.92. The fraction of sp³-hybridized carbons (Fsp3) is 1.00. The standard InChI is InChI=1S/C2H7N2O2S/c1-4-2-7(3,5)6/h2H2,1H3,(H2,3,5,6). The van der Waals surface area contributed by atoms with Crippen LogP contribution < -0.4 is 10.5 Å². The van der Waals surface area contributed by atoms with Gasteiger partial charge >= 0.3 is 0 Å². The lowest BCUT2D eigenvalue weighted by atomic mass is 11.3. The van der Waals surface area contributed by atoms with Gasteiger partial charge in [0.25, 0.3) is 0 Å². The Morgan fingerprint density at radius 1 is 1.71 bits per heavy atom. The highest BCUT2D eigenvalue weighted by atomic mass is 32.2. The number of sulfonamides is 1. The lowest BCUT2D eigenvalue weighted by Crippen LogP contribution is -2.21. The van der Waals surface area contributed by atoms with Crippen molar-refractivity contribution in [3.63, 3.8) is 0 Å². The van der Waals surface area contributed by atoms with E-state index < -0.39 is 10.0 Å². The van der Waals surface area contributed by atoms with Gasteiger partial charge in [-0.15, -0.1) is 0 Å². The zero-order chi connectivity index (χ0) is 5.91. The van der Waals surface area contributed by atoms with Crippen molar-refractivity contribution in [3.8, 4) is 0 Å². The second kappa shape index (κ2) is 2.25. The summed E-state index contributed by atoms with van der Waals surface area (Å²) in [7, 11) is -1.95. The first kappa shape index (κ1) is 6.87. The number of primary sulfonamides is 1. The molecule has 0 aromatic carbocycles. The molecule has 7 heavy (non-hydrogen) atoms. The third kappa shape index (κ3) is 5.87. The van der Waals surface area contributed by atoms with Crippen molar-refractivity contribution in [2.45, 2.75) is 0 Å². The molecule has 0 heterocycles. The largest absolute Gasteiger partial charge is 0.228 e. The molecule has 1 radical (unpaired) electrons. The molecule has 4 nitrogen and oxygen atoms in total. The molecule has 5 heteroatoms. The molecule has 0 rings (SSSR count). The zero-order valence-electron chi connectivity index (χ0n) is 3.96. The van der Waals surface area contributed by atoms with Gasteiger partial charge in [0.05, 0.1) is 0 Å². The summed E-state index contributed by atoms with van der Waals surface area (Å²) < 4.78 is 19.8. The molecule has 0 fully saturated rings. The molecule has 0 aliphatic rings. The summed E-state index contributed by atoms with van der Waals surface area (Å²) in [6, 6.07) is 0. The third-order valence-electron chi connectivity index (χ3n) is 0.309. The van der Waals surface area contributed by atoms with E-state index in [1.165, 1.54) is 7.05 Å². The SMILES string of the molecule is C[N]CS(N)(=O)=O. The van der Waals surface area contributed by atoms with E-state index in [9.17, 15) is 8.42 Å². The van der Waals surface area contributed by atoms with Crippen LogP contribution in [0.2, 0.25) is 0 Å². The van der Waals surface area contributed by atoms with Gasteiger partial charge < -0.3 is 0 Å². The Morgan fingerprint density at radius 2 is 2.14 bits per heavy atom. The van der Waals surface area contributed by atoms with E-state index in [2.05, 4.69) is 10.5 Å². The van der Waals surface area contributed by atoms with Gasteiger partial charge in [-0.1, -0.05) is 0 Å². The summed E-state index contributed by atoms with van der Waals surface area (Å²) in [6.45, 7) is 0. The molecular formula is C2H7N2O2S. The van der Waals surface area contributed by atoms with E-state index in [0.717, 1.165) is 0 Å². The number of nitrogens with zero attached hydrogens (tertiary/aromatic N) is 1. The van der Waals surface area contributed by atoms with Gasteiger partial charge in [0, 0.05) is 7.05 Å². The van der Waals surface area contributed by atoms with Crippen molar-refractivity contribution in [1.29, 1.82) is 0 Å². The predicted octanol–water partition coefficient (Wildman–Crippen LogP) is -1.53. The van der Waals surface area contributed by atoms with Gasteiger partial charge in [0.1, 0.15) is 5.88 Å². The lowest BCUT2D eigenvalue weighted by molar-refractivity contribution is 0.593. The molecule has 0 saturated heterocycles. The molecule has 0 aliphatic heterocycles. The molecule has 0 aliphatic carbocycles. The zero-order valence-corrected chi connectivity index (χ0v) is 4.77. The Balaban J connectivity index is 3.60. The summed E-state index contributed by atoms with van der Waals surface area (Å²) in [5, 5.41) is 7.82. The highest BCUT2D eigenvalue weighted by molar-refractivity contribution is 7.89. The summed E-state index contributed by atoms with van der Waals surface area (Å²) in [5.41, 5.74) is 0. The molecular weight excluding hydrogens is 116 g/mol. The van der Waals surface area contributed by atoms with E-state index in [1.54, 1.807) is 0 Å². The van der Waals surface area contributed by atoms with Crippen LogP contribution in [0.15, 0.2) is 0 Å². The maximum Gasteiger partial charge on any atom is 0.223 e. The highest BCUT2D eigenvalue weighted by Gasteiger charge is 1.96. The third-order valence-corrected chi connectivity index (χ3v) is 0.927. The summed E-state index contributed by atoms with van der Waals surface area (Å²) in [4.78, 5) is 0. The molecule has 0 amide bonds. The lowest BCUT2D eigenvalue weighted by Gasteiger charge is -1.88. The maximum atomic E-state index is 9.92. The minimum absolute atomic E-state index is 0.285. The molecule has 0 aromatic heterocycles. The predicted molar refractivity (Wildman–Crippen MR) is 26.0 cm³/mol. The van der Waals surface area contributed by atoms with Crippen LogP contribution in [-0.4, -0.2) is 21.3 Å². The van der Waals surface area contributed by atoms with Gasteiger partial charge in [-0.3, -0.25) is 0 Å². The highest BCUT2D eigenvalue weighted by Crippen LogP contribution is 1.67. The number of rotatable bonds is 2. The van der Waals surface area contributed by atoms with Crippen LogP contribution in [-0.2, 0) is 10.0 Å². The van der Waals surface area contributed by atoms with Crippen LogP contribution in [0.25, 0.3) is 0 Å². The van der Waals surface area contributed by atoms with E-state index in [1.807, 2.05) is 0 Å². The summed E-state index contributed by atoms with van der Waals surface area (Å²) >= 11 is 0. The quantitative estimate of drug-likeness (QED) is 0.483. The van der Waals surface area contributed by atoms with Gasteiger partial charge in [0.2, 0.25) is 10.0 Å². The molecule has 2 N–H and O–H groups in total. The van der Waals surface area contributed by atoms with Crippen molar-refractivity contribution in [3.05, 3.63) is 0 Å². The first-order valence-electron chi connectivity index (χ1n) is 1.62. The minimum atomic E-state index is -3.34. The second-order valence-corrected chi connectivity index (χ2v) is 2.69. The van der Waals surface area contributed by atoms with Gasteiger partial charge in [-0.25, -0.2) is 18.9 Å². The number of nitrogens with two attached hydrogens (primary N) is 1. The summed E-state index contributed by atoms with van der Waals surface area (Å²) in [5.74, 6) is -0.285. The van der Waals surface area contributed by atoms with Gasteiger partial charge in [-0.05, 0) is 0 Å². The van der Waals surface area contributed by atoms with E-state index in [4.69, 9.17) is 0 Å². The normalized spacial score (nSPS) is 11.7. The van der Waals surface area contributed by atoms with Crippen LogP contribution >= 0.6 is 0 Å². The topological polar surface area (TPSA) is 74.3 Å². The number of hydrogen-bond acceptors (Lipinski definition) is 2. The first-order valence-corrected chi connectivity index (χ1v) is 3.34. The molecule has 0 spiro atoms. The first-order chi connectivity index (χ1) is 3.06. The fourth-order valence-electron chi connectivity index (χ4n) is 0.180. The van der Waals surface area contributed by atoms with Crippen LogP contribution in [0.4, 0.5) is 0 Å². The Hall–Kier alpha value is -0.130. The molecule has 43 valence electrons. The molecule has 0 aromatic rings. The van der Waals surface area contributed by atoms with E-state index >= 15 is 0 Å². The van der Waals surface area contributed by atoms with Crippen LogP contribution in [0.5, 0.6) is 0 Å². The Kier molecular flexibility index (Phi) is 2.21. The Morgan fingerprint density at radius 3 is 2.14 bits per heavy atom. The Bertz CT molecular complexity index is 127. The molecule has 0 unspecified atom stereocenters. The van der Waals surface area contributed by atoms with Crippen molar-refractivity contribution in [1.82, 2.24) is 5.32 Å². The fourth-order valence-corrected chi connectivity index (χ4v) is 0.540. The van der Waals surface area contributed by atoms with Gasteiger partial charge in [-0.2, -0.15) is 0 Å². The second-order valence-electron chi connectivity index (χ2n) is 1.11. The van der Waals surface area contributed by atoms with Crippen molar-refractivity contribution < 1.29 is 8.42 Å². The molecule has 0 saturated carbocycles. The van der Waals surface area contributed by atoms with Crippen molar-refractivity contribution in [2.24, 2.45) is 5.14 Å². The van der Waals surface area contributed by atoms with E-state index in [-0.39, 0.29) is 5.88 Å². The molecule has 0 atom stereocenters. The van der Waals surface area contributed by atoms with Crippen molar-refractivity contribution in [2.75, 3.05) is 12.9 Å². The smallest absolute Gasteiger partial charge is 0.223 e. The molecule has 0 bridgehead atoms.